The molecule has 4 atom stereocenters. The third-order valence-electron chi connectivity index (χ3n) is 7.53. The molecule has 1 amide bonds. The number of hydrogen-bond donors (Lipinski definition) is 1. The van der Waals surface area contributed by atoms with E-state index in [0.29, 0.717) is 18.1 Å². The Hall–Kier alpha value is -1.91. The minimum Gasteiger partial charge on any atom is -0.381 e. The van der Waals surface area contributed by atoms with E-state index in [1.807, 2.05) is 7.11 Å². The molecular weight excluding hydrogens is 360 g/mol. The molecule has 0 bridgehead atoms. The molecule has 0 spiro atoms. The molecule has 1 heterocycles. The molecule has 1 N–H and O–H groups in total. The summed E-state index contributed by atoms with van der Waals surface area (Å²) < 4.78 is 5.69. The Labute approximate surface area is 173 Å². The van der Waals surface area contributed by atoms with Gasteiger partial charge in [-0.05, 0) is 79.4 Å². The summed E-state index contributed by atoms with van der Waals surface area (Å²) in [5.41, 5.74) is 2.52. The highest BCUT2D eigenvalue weighted by atomic mass is 16.5. The fourth-order valence-electron chi connectivity index (χ4n) is 5.97. The lowest BCUT2D eigenvalue weighted by molar-refractivity contribution is -0.122. The molecular formula is C25H32N2O2. The van der Waals surface area contributed by atoms with Gasteiger partial charge in [0.25, 0.3) is 0 Å². The summed E-state index contributed by atoms with van der Waals surface area (Å²) >= 11 is 0. The third-order valence-corrected chi connectivity index (χ3v) is 7.53. The first-order valence-electron chi connectivity index (χ1n) is 11.3. The fourth-order valence-corrected chi connectivity index (χ4v) is 5.97. The molecule has 4 unspecified atom stereocenters. The van der Waals surface area contributed by atoms with Crippen LogP contribution in [0.5, 0.6) is 0 Å². The average molecular weight is 393 g/mol. The number of rotatable bonds is 5. The average Bonchev–Trinajstić information content (AvgIpc) is 3.42. The van der Waals surface area contributed by atoms with Gasteiger partial charge in [-0.1, -0.05) is 36.4 Å². The topological polar surface area (TPSA) is 41.6 Å². The van der Waals surface area contributed by atoms with Crippen LogP contribution in [0.1, 0.15) is 49.1 Å². The zero-order valence-electron chi connectivity index (χ0n) is 17.4. The van der Waals surface area contributed by atoms with Crippen molar-refractivity contribution in [1.29, 1.82) is 0 Å². The van der Waals surface area contributed by atoms with Crippen LogP contribution in [0.3, 0.4) is 0 Å². The van der Waals surface area contributed by atoms with Gasteiger partial charge >= 0.3 is 0 Å². The van der Waals surface area contributed by atoms with Gasteiger partial charge in [-0.25, -0.2) is 0 Å². The smallest absolute Gasteiger partial charge is 0.227 e. The zero-order chi connectivity index (χ0) is 19.8. The molecule has 0 radical (unpaired) electrons. The SMILES string of the molecule is COC1CCC(CNC(=O)C2Cc3cccc4cccc2c34)C(N2CCCC2)C1. The number of ether oxygens (including phenoxy) is 1. The van der Waals surface area contributed by atoms with Crippen LogP contribution in [0.25, 0.3) is 10.8 Å². The Bertz CT molecular complexity index is 884. The van der Waals surface area contributed by atoms with Gasteiger partial charge in [-0.2, -0.15) is 0 Å². The largest absolute Gasteiger partial charge is 0.381 e. The number of likely N-dealkylation sites (tertiary alicyclic amines) is 1. The van der Waals surface area contributed by atoms with Crippen molar-refractivity contribution < 1.29 is 9.53 Å². The molecule has 154 valence electrons. The Morgan fingerprint density at radius 1 is 1.14 bits per heavy atom. The predicted molar refractivity (Wildman–Crippen MR) is 116 cm³/mol. The Kier molecular flexibility index (Phi) is 5.31. The van der Waals surface area contributed by atoms with Crippen molar-refractivity contribution in [3.8, 4) is 0 Å². The number of nitrogens with one attached hydrogen (secondary N) is 1. The van der Waals surface area contributed by atoms with Crippen LogP contribution in [-0.4, -0.2) is 49.7 Å². The van der Waals surface area contributed by atoms with Crippen molar-refractivity contribution in [2.75, 3.05) is 26.7 Å². The van der Waals surface area contributed by atoms with Crippen LogP contribution >= 0.6 is 0 Å². The molecule has 0 aromatic heterocycles. The van der Waals surface area contributed by atoms with Crippen molar-refractivity contribution >= 4 is 16.7 Å². The summed E-state index contributed by atoms with van der Waals surface area (Å²) in [4.78, 5) is 15.8. The molecule has 2 aromatic rings. The van der Waals surface area contributed by atoms with Gasteiger partial charge in [-0.15, -0.1) is 0 Å². The Morgan fingerprint density at radius 3 is 2.72 bits per heavy atom. The monoisotopic (exact) mass is 392 g/mol. The summed E-state index contributed by atoms with van der Waals surface area (Å²) in [5, 5.41) is 5.90. The van der Waals surface area contributed by atoms with Gasteiger partial charge in [0.1, 0.15) is 0 Å². The van der Waals surface area contributed by atoms with Gasteiger partial charge in [0, 0.05) is 19.7 Å². The van der Waals surface area contributed by atoms with E-state index in [1.54, 1.807) is 0 Å². The molecule has 2 fully saturated rings. The molecule has 4 heteroatoms. The van der Waals surface area contributed by atoms with E-state index >= 15 is 0 Å². The lowest BCUT2D eigenvalue weighted by Gasteiger charge is -2.41. The number of amides is 1. The summed E-state index contributed by atoms with van der Waals surface area (Å²) in [7, 11) is 1.84. The minimum atomic E-state index is -0.0448. The van der Waals surface area contributed by atoms with E-state index in [1.165, 1.54) is 47.8 Å². The number of benzene rings is 2. The lowest BCUT2D eigenvalue weighted by atomic mass is 9.81. The van der Waals surface area contributed by atoms with Gasteiger partial charge < -0.3 is 10.1 Å². The highest BCUT2D eigenvalue weighted by molar-refractivity contribution is 5.98. The number of hydrogen-bond acceptors (Lipinski definition) is 3. The highest BCUT2D eigenvalue weighted by Gasteiger charge is 2.36. The van der Waals surface area contributed by atoms with Crippen molar-refractivity contribution in [2.45, 2.75) is 56.6 Å². The second kappa shape index (κ2) is 8.08. The fraction of sp³-hybridized carbons (Fsp3) is 0.560. The second-order valence-electron chi connectivity index (χ2n) is 9.11. The van der Waals surface area contributed by atoms with Gasteiger partial charge in [0.05, 0.1) is 12.0 Å². The first-order chi connectivity index (χ1) is 14.2. The van der Waals surface area contributed by atoms with Crippen LogP contribution < -0.4 is 5.32 Å². The molecule has 3 aliphatic rings. The molecule has 2 aromatic carbocycles. The van der Waals surface area contributed by atoms with E-state index in [-0.39, 0.29) is 11.8 Å². The number of methoxy groups -OCH3 is 1. The van der Waals surface area contributed by atoms with Crippen LogP contribution in [0.2, 0.25) is 0 Å². The molecule has 1 aliphatic heterocycles. The first kappa shape index (κ1) is 19.1. The molecule has 5 rings (SSSR count). The van der Waals surface area contributed by atoms with Gasteiger partial charge in [0.15, 0.2) is 0 Å². The lowest BCUT2D eigenvalue weighted by Crippen LogP contribution is -2.49. The maximum absolute atomic E-state index is 13.2. The quantitative estimate of drug-likeness (QED) is 0.840. The minimum absolute atomic E-state index is 0.0448. The first-order valence-corrected chi connectivity index (χ1v) is 11.3. The van der Waals surface area contributed by atoms with Gasteiger partial charge in [0.2, 0.25) is 5.91 Å². The highest BCUT2D eigenvalue weighted by Crippen LogP contribution is 2.38. The number of nitrogens with zero attached hydrogens (tertiary/aromatic N) is 1. The summed E-state index contributed by atoms with van der Waals surface area (Å²) in [5.74, 6) is 0.683. The standard InChI is InChI=1S/C25H32N2O2/c1-29-20-11-10-19(23(15-20)27-12-2-3-13-27)16-26-25(28)22-14-18-8-4-6-17-7-5-9-21(22)24(17)18/h4-9,19-20,22-23H,2-3,10-16H2,1H3,(H,26,28). The van der Waals surface area contributed by atoms with Crippen molar-refractivity contribution in [3.05, 3.63) is 47.5 Å². The molecule has 29 heavy (non-hydrogen) atoms. The van der Waals surface area contributed by atoms with Gasteiger partial charge in [-0.3, -0.25) is 9.69 Å². The molecule has 2 aliphatic carbocycles. The maximum Gasteiger partial charge on any atom is 0.227 e. The van der Waals surface area contributed by atoms with Crippen LogP contribution in [-0.2, 0) is 16.0 Å². The Balaban J connectivity index is 1.27. The third kappa shape index (κ3) is 3.57. The number of carbonyl (C=O) groups excluding carboxylic acids is 1. The predicted octanol–water partition coefficient (Wildman–Crippen LogP) is 3.88. The Morgan fingerprint density at radius 2 is 1.93 bits per heavy atom. The second-order valence-corrected chi connectivity index (χ2v) is 9.11. The van der Waals surface area contributed by atoms with Crippen molar-refractivity contribution in [3.63, 3.8) is 0 Å². The van der Waals surface area contributed by atoms with E-state index < -0.39 is 0 Å². The zero-order valence-corrected chi connectivity index (χ0v) is 17.4. The van der Waals surface area contributed by atoms with Crippen molar-refractivity contribution in [2.24, 2.45) is 5.92 Å². The summed E-state index contributed by atoms with van der Waals surface area (Å²) in [6.45, 7) is 3.19. The maximum atomic E-state index is 13.2. The van der Waals surface area contributed by atoms with E-state index in [2.05, 4.69) is 46.6 Å². The molecule has 4 nitrogen and oxygen atoms in total. The number of carbonyl (C=O) groups is 1. The normalized spacial score (nSPS) is 29.4. The van der Waals surface area contributed by atoms with Crippen LogP contribution in [0, 0.1) is 5.92 Å². The molecule has 1 saturated carbocycles. The van der Waals surface area contributed by atoms with E-state index in [4.69, 9.17) is 4.74 Å². The summed E-state index contributed by atoms with van der Waals surface area (Å²) in [6, 6.07) is 13.4. The van der Waals surface area contributed by atoms with Crippen LogP contribution in [0.15, 0.2) is 36.4 Å². The molecule has 1 saturated heterocycles. The van der Waals surface area contributed by atoms with Crippen molar-refractivity contribution in [1.82, 2.24) is 10.2 Å². The van der Waals surface area contributed by atoms with E-state index in [0.717, 1.165) is 32.2 Å². The summed E-state index contributed by atoms with van der Waals surface area (Å²) in [6.07, 6.45) is 7.15. The van der Waals surface area contributed by atoms with E-state index in [9.17, 15) is 4.79 Å². The van der Waals surface area contributed by atoms with Crippen LogP contribution in [0.4, 0.5) is 0 Å².